The summed E-state index contributed by atoms with van der Waals surface area (Å²) in [7, 11) is 2.05. The van der Waals surface area contributed by atoms with Crippen molar-refractivity contribution >= 4 is 40.8 Å². The van der Waals surface area contributed by atoms with E-state index in [1.807, 2.05) is 19.3 Å². The van der Waals surface area contributed by atoms with Crippen molar-refractivity contribution in [3.05, 3.63) is 81.1 Å². The first kappa shape index (κ1) is 31.3. The van der Waals surface area contributed by atoms with Gasteiger partial charge in [-0.25, -0.2) is 0 Å². The molecule has 0 unspecified atom stereocenters. The van der Waals surface area contributed by atoms with E-state index < -0.39 is 6.10 Å². The van der Waals surface area contributed by atoms with E-state index in [0.29, 0.717) is 34.5 Å². The van der Waals surface area contributed by atoms with Gasteiger partial charge in [0, 0.05) is 41.6 Å². The van der Waals surface area contributed by atoms with E-state index in [1.165, 1.54) is 10.5 Å². The molecule has 2 aromatic carbocycles. The second-order valence-electron chi connectivity index (χ2n) is 12.4. The Morgan fingerprint density at radius 3 is 2.56 bits per heavy atom. The lowest BCUT2D eigenvalue weighted by Gasteiger charge is -2.33. The van der Waals surface area contributed by atoms with Crippen LogP contribution in [0.1, 0.15) is 62.2 Å². The third-order valence-corrected chi connectivity index (χ3v) is 9.55. The molecule has 9 nitrogen and oxygen atoms in total. The smallest absolute Gasteiger partial charge is 0.261 e. The number of aryl methyl sites for hydroxylation is 2. The van der Waals surface area contributed by atoms with E-state index in [-0.39, 0.29) is 43.2 Å². The van der Waals surface area contributed by atoms with E-state index >= 15 is 0 Å². The molecule has 2 amide bonds. The van der Waals surface area contributed by atoms with Crippen LogP contribution in [0, 0.1) is 13.8 Å². The minimum atomic E-state index is -0.863. The van der Waals surface area contributed by atoms with E-state index in [9.17, 15) is 19.5 Å². The number of hydrogen-bond acceptors (Lipinski definition) is 9. The van der Waals surface area contributed by atoms with Crippen LogP contribution in [-0.2, 0) is 17.0 Å². The van der Waals surface area contributed by atoms with Gasteiger partial charge in [-0.2, -0.15) is 11.8 Å². The number of aliphatic imine (C=N–C) groups is 1. The van der Waals surface area contributed by atoms with Crippen molar-refractivity contribution in [2.24, 2.45) is 4.99 Å². The zero-order valence-corrected chi connectivity index (χ0v) is 27.1. The van der Waals surface area contributed by atoms with Crippen LogP contribution >= 0.6 is 11.8 Å². The number of benzene rings is 2. The number of carbonyl (C=O) groups is 3. The lowest BCUT2D eigenvalue weighted by molar-refractivity contribution is -0.114. The van der Waals surface area contributed by atoms with Gasteiger partial charge in [-0.3, -0.25) is 24.3 Å². The molecule has 0 saturated carbocycles. The molecule has 2 aromatic rings. The third-order valence-electron chi connectivity index (χ3n) is 8.95. The molecule has 0 radical (unpaired) electrons. The van der Waals surface area contributed by atoms with E-state index in [1.54, 1.807) is 30.0 Å². The van der Waals surface area contributed by atoms with Gasteiger partial charge in [0.15, 0.2) is 5.78 Å². The molecule has 1 fully saturated rings. The van der Waals surface area contributed by atoms with Crippen LogP contribution in [0.3, 0.4) is 0 Å². The van der Waals surface area contributed by atoms with Crippen molar-refractivity contribution < 1.29 is 24.2 Å². The number of carbonyl (C=O) groups excluding carboxylic acids is 3. The van der Waals surface area contributed by atoms with Crippen molar-refractivity contribution in [1.29, 1.82) is 0 Å². The van der Waals surface area contributed by atoms with E-state index in [2.05, 4.69) is 41.3 Å². The molecular weight excluding hydrogens is 588 g/mol. The molecule has 1 atom stereocenters. The first-order valence-corrected chi connectivity index (χ1v) is 16.9. The fourth-order valence-corrected chi connectivity index (χ4v) is 7.28. The Labute approximate surface area is 268 Å². The van der Waals surface area contributed by atoms with Crippen LogP contribution in [0.4, 0.5) is 5.69 Å². The van der Waals surface area contributed by atoms with E-state index in [0.717, 1.165) is 59.8 Å². The first-order valence-electron chi connectivity index (χ1n) is 15.5. The van der Waals surface area contributed by atoms with Gasteiger partial charge >= 0.3 is 0 Å². The summed E-state index contributed by atoms with van der Waals surface area (Å²) in [6, 6.07) is 7.66. The number of likely N-dealkylation sites (tertiary alicyclic amines) is 1. The molecule has 10 heteroatoms. The van der Waals surface area contributed by atoms with Crippen molar-refractivity contribution in [2.45, 2.75) is 57.4 Å². The number of nitrogens with zero attached hydrogens (tertiary/aromatic N) is 3. The quantitative estimate of drug-likeness (QED) is 0.325. The van der Waals surface area contributed by atoms with Crippen molar-refractivity contribution in [1.82, 2.24) is 9.80 Å². The van der Waals surface area contributed by atoms with Crippen molar-refractivity contribution in [3.63, 3.8) is 0 Å². The van der Waals surface area contributed by atoms with Crippen LogP contribution in [0.25, 0.3) is 0 Å². The largest absolute Gasteiger partial charge is 0.490 e. The Morgan fingerprint density at radius 1 is 1.09 bits per heavy atom. The number of aliphatic hydroxyl groups excluding tert-OH is 1. The minimum absolute atomic E-state index is 0.0672. The molecule has 236 valence electrons. The summed E-state index contributed by atoms with van der Waals surface area (Å²) in [5, 5.41) is 14.2. The number of ether oxygens (including phenoxy) is 1. The zero-order chi connectivity index (χ0) is 31.8. The number of nitrogens with one attached hydrogen (secondary N) is 1. The van der Waals surface area contributed by atoms with Gasteiger partial charge in [0.05, 0.1) is 29.0 Å². The molecule has 0 spiro atoms. The number of rotatable bonds is 8. The number of anilines is 1. The van der Waals surface area contributed by atoms with Crippen LogP contribution in [0.5, 0.6) is 5.75 Å². The van der Waals surface area contributed by atoms with Gasteiger partial charge in [0.1, 0.15) is 18.5 Å². The molecule has 0 aromatic heterocycles. The average Bonchev–Trinajstić information content (AvgIpc) is 3.52. The monoisotopic (exact) mass is 628 g/mol. The predicted molar refractivity (Wildman–Crippen MR) is 178 cm³/mol. The van der Waals surface area contributed by atoms with Gasteiger partial charge in [-0.05, 0) is 82.4 Å². The molecule has 6 rings (SSSR count). The average molecular weight is 629 g/mol. The molecule has 3 heterocycles. The Hall–Kier alpha value is -3.73. The summed E-state index contributed by atoms with van der Waals surface area (Å²) in [5.41, 5.74) is 7.41. The Kier molecular flexibility index (Phi) is 8.99. The SMILES string of the molecule is CSCc1cc(C)cc(C)c1OC[C@H](O)CN=C1C=CCC(=O)C1=C1Cc2cc3c(cc2N1)C(=O)N(C1CCN(C)CC1)C3=O. The highest BCUT2D eigenvalue weighted by molar-refractivity contribution is 7.97. The summed E-state index contributed by atoms with van der Waals surface area (Å²) >= 11 is 1.72. The molecule has 2 N–H and O–H groups in total. The lowest BCUT2D eigenvalue weighted by atomic mass is 9.94. The van der Waals surface area contributed by atoms with Crippen LogP contribution in [0.15, 0.2) is 52.7 Å². The number of allylic oxidation sites excluding steroid dienone is 4. The van der Waals surface area contributed by atoms with Gasteiger partial charge in [-0.1, -0.05) is 23.8 Å². The summed E-state index contributed by atoms with van der Waals surface area (Å²) in [4.78, 5) is 48.3. The number of hydrogen-bond donors (Lipinski definition) is 2. The van der Waals surface area contributed by atoms with Gasteiger partial charge in [0.2, 0.25) is 0 Å². The van der Waals surface area contributed by atoms with Gasteiger partial charge in [0.25, 0.3) is 11.8 Å². The fourth-order valence-electron chi connectivity index (χ4n) is 6.75. The molecule has 45 heavy (non-hydrogen) atoms. The van der Waals surface area contributed by atoms with Gasteiger partial charge < -0.3 is 20.1 Å². The normalized spacial score (nSPS) is 21.8. The Balaban J connectivity index is 1.17. The first-order chi connectivity index (χ1) is 21.6. The second kappa shape index (κ2) is 12.9. The van der Waals surface area contributed by atoms with Crippen molar-refractivity contribution in [3.8, 4) is 5.75 Å². The number of piperidine rings is 1. The summed E-state index contributed by atoms with van der Waals surface area (Å²) in [6.45, 7) is 5.93. The van der Waals surface area contributed by atoms with Crippen LogP contribution in [-0.4, -0.2) is 89.9 Å². The minimum Gasteiger partial charge on any atom is -0.490 e. The second-order valence-corrected chi connectivity index (χ2v) is 13.3. The van der Waals surface area contributed by atoms with Crippen LogP contribution in [0.2, 0.25) is 0 Å². The fraction of sp³-hybridized carbons (Fsp3) is 0.429. The molecule has 0 bridgehead atoms. The number of amides is 2. The number of ketones is 1. The number of fused-ring (bicyclic) bond motifs is 2. The molecule has 3 aliphatic heterocycles. The summed E-state index contributed by atoms with van der Waals surface area (Å²) in [5.74, 6) is 1.07. The number of thioether (sulfide) groups is 1. The van der Waals surface area contributed by atoms with E-state index in [4.69, 9.17) is 4.74 Å². The highest BCUT2D eigenvalue weighted by Crippen LogP contribution is 2.38. The molecule has 1 saturated heterocycles. The Bertz CT molecular complexity index is 1610. The predicted octanol–water partition coefficient (Wildman–Crippen LogP) is 4.49. The van der Waals surface area contributed by atoms with Gasteiger partial charge in [-0.15, -0.1) is 0 Å². The highest BCUT2D eigenvalue weighted by atomic mass is 32.2. The molecular formula is C35H40N4O5S. The lowest BCUT2D eigenvalue weighted by Crippen LogP contribution is -2.46. The maximum Gasteiger partial charge on any atom is 0.261 e. The standard InChI is InChI=1S/C35H40N4O5S/c1-20-12-21(2)33(23(13-20)19-45-4)44-18-25(40)17-36-28-6-5-7-31(41)32(28)30-15-22-14-26-27(16-29(22)37-30)35(43)39(34(26)42)24-8-10-38(3)11-9-24/h5-6,12-14,16,24-25,37,40H,7-11,15,17-19H2,1-4H3/t25-/m1/s1. The van der Waals surface area contributed by atoms with Crippen molar-refractivity contribution in [2.75, 3.05) is 44.9 Å². The maximum atomic E-state index is 13.4. The molecule has 1 aliphatic carbocycles. The maximum absolute atomic E-state index is 13.4. The molecule has 4 aliphatic rings. The number of Topliss-reactive ketones (excluding diaryl/α,β-unsaturated/α-hetero) is 1. The topological polar surface area (TPSA) is 112 Å². The zero-order valence-electron chi connectivity index (χ0n) is 26.3. The van der Waals surface area contributed by atoms with Crippen LogP contribution < -0.4 is 10.1 Å². The summed E-state index contributed by atoms with van der Waals surface area (Å²) in [6.07, 6.45) is 7.01. The number of imide groups is 1. The number of aliphatic hydroxyl groups is 1. The third kappa shape index (κ3) is 6.23. The Morgan fingerprint density at radius 2 is 1.82 bits per heavy atom. The highest BCUT2D eigenvalue weighted by Gasteiger charge is 2.42. The summed E-state index contributed by atoms with van der Waals surface area (Å²) < 4.78 is 6.07.